The quantitative estimate of drug-likeness (QED) is 0.387. The van der Waals surface area contributed by atoms with Gasteiger partial charge < -0.3 is 20.2 Å². The van der Waals surface area contributed by atoms with Crippen LogP contribution in [0.5, 0.6) is 5.75 Å². The third-order valence-electron chi connectivity index (χ3n) is 6.26. The van der Waals surface area contributed by atoms with E-state index in [1.807, 2.05) is 31.3 Å². The number of fused-ring (bicyclic) bond motifs is 1. The predicted molar refractivity (Wildman–Crippen MR) is 126 cm³/mol. The molecule has 0 aliphatic carbocycles. The number of nitrogens with two attached hydrogens (primary N) is 1. The second kappa shape index (κ2) is 8.84. The van der Waals surface area contributed by atoms with Crippen molar-refractivity contribution in [2.45, 2.75) is 32.1 Å². The summed E-state index contributed by atoms with van der Waals surface area (Å²) < 4.78 is 12.0. The molecule has 4 N–H and O–H groups in total. The first-order valence-corrected chi connectivity index (χ1v) is 11.3. The summed E-state index contributed by atoms with van der Waals surface area (Å²) in [5.74, 6) is 1.21. The molecular weight excluding hydrogens is 426 g/mol. The molecular formula is C24H26ClN5O2. The molecule has 0 saturated carbocycles. The van der Waals surface area contributed by atoms with Gasteiger partial charge in [-0.3, -0.25) is 5.10 Å². The number of anilines is 1. The summed E-state index contributed by atoms with van der Waals surface area (Å²) in [6, 6.07) is 5.88. The summed E-state index contributed by atoms with van der Waals surface area (Å²) in [6.45, 7) is 4.48. The number of nitrogen functional groups attached to an aromatic ring is 1. The van der Waals surface area contributed by atoms with Crippen LogP contribution in [0.2, 0.25) is 5.02 Å². The van der Waals surface area contributed by atoms with Crippen molar-refractivity contribution in [3.8, 4) is 16.9 Å². The van der Waals surface area contributed by atoms with Crippen LogP contribution in [0, 0.1) is 6.92 Å². The molecule has 0 spiro atoms. The molecule has 1 aromatic carbocycles. The number of nitrogens with one attached hydrogen (secondary N) is 2. The molecule has 166 valence electrons. The van der Waals surface area contributed by atoms with Crippen LogP contribution in [0.4, 0.5) is 5.82 Å². The molecule has 3 aromatic heterocycles. The Bertz CT molecular complexity index is 1220. The highest BCUT2D eigenvalue weighted by atomic mass is 35.5. The van der Waals surface area contributed by atoms with Crippen molar-refractivity contribution < 1.29 is 9.15 Å². The van der Waals surface area contributed by atoms with Gasteiger partial charge in [0.05, 0.1) is 18.2 Å². The smallest absolute Gasteiger partial charge is 0.205 e. The van der Waals surface area contributed by atoms with Crippen LogP contribution < -0.4 is 15.8 Å². The number of piperidine rings is 1. The van der Waals surface area contributed by atoms with E-state index in [0.717, 1.165) is 64.3 Å². The largest absolute Gasteiger partial charge is 0.486 e. The van der Waals surface area contributed by atoms with Crippen molar-refractivity contribution in [3.05, 3.63) is 58.7 Å². The lowest BCUT2D eigenvalue weighted by Gasteiger charge is -2.22. The van der Waals surface area contributed by atoms with Crippen LogP contribution in [-0.4, -0.2) is 34.9 Å². The van der Waals surface area contributed by atoms with E-state index in [4.69, 9.17) is 26.5 Å². The monoisotopic (exact) mass is 451 g/mol. The minimum atomic E-state index is 0.306. The molecule has 4 aromatic rings. The highest BCUT2D eigenvalue weighted by molar-refractivity contribution is 6.31. The zero-order valence-corrected chi connectivity index (χ0v) is 18.7. The maximum absolute atomic E-state index is 6.35. The molecule has 4 heterocycles. The maximum Gasteiger partial charge on any atom is 0.205 e. The van der Waals surface area contributed by atoms with Gasteiger partial charge in [-0.25, -0.2) is 4.98 Å². The zero-order chi connectivity index (χ0) is 22.1. The number of nitrogens with zero attached hydrogens (tertiary/aromatic N) is 2. The minimum Gasteiger partial charge on any atom is -0.486 e. The number of ether oxygens (including phenoxy) is 1. The normalized spacial score (nSPS) is 14.8. The first-order valence-electron chi connectivity index (χ1n) is 10.9. The van der Waals surface area contributed by atoms with E-state index in [2.05, 4.69) is 20.5 Å². The number of aromatic amines is 1. The average Bonchev–Trinajstić information content (AvgIpc) is 3.44. The molecule has 7 nitrogen and oxygen atoms in total. The highest BCUT2D eigenvalue weighted by Gasteiger charge is 2.24. The van der Waals surface area contributed by atoms with Gasteiger partial charge in [-0.05, 0) is 50.0 Å². The van der Waals surface area contributed by atoms with Gasteiger partial charge in [0.1, 0.15) is 6.26 Å². The number of benzene rings is 1. The fourth-order valence-electron chi connectivity index (χ4n) is 4.50. The summed E-state index contributed by atoms with van der Waals surface area (Å²) in [6.07, 6.45) is 8.16. The molecule has 5 rings (SSSR count). The molecule has 1 aliphatic rings. The van der Waals surface area contributed by atoms with Crippen molar-refractivity contribution in [2.24, 2.45) is 0 Å². The van der Waals surface area contributed by atoms with E-state index >= 15 is 0 Å². The first-order chi connectivity index (χ1) is 15.6. The molecule has 1 aliphatic heterocycles. The topological polar surface area (TPSA) is 102 Å². The Balaban J connectivity index is 1.43. The molecule has 0 atom stereocenters. The van der Waals surface area contributed by atoms with Crippen LogP contribution in [0.15, 0.2) is 41.3 Å². The number of furan rings is 1. The number of halogens is 1. The van der Waals surface area contributed by atoms with Crippen LogP contribution >= 0.6 is 11.6 Å². The fourth-order valence-corrected chi connectivity index (χ4v) is 4.82. The SMILES string of the molecule is Cc1cccc(Cl)c1CCOc1c(N)ncc2c(-c3cn[nH]c3C3CCNCC3)coc12. The lowest BCUT2D eigenvalue weighted by Crippen LogP contribution is -2.27. The Hall–Kier alpha value is -3.03. The summed E-state index contributed by atoms with van der Waals surface area (Å²) in [7, 11) is 0. The van der Waals surface area contributed by atoms with E-state index in [1.54, 1.807) is 12.5 Å². The van der Waals surface area contributed by atoms with Gasteiger partial charge in [0, 0.05) is 40.4 Å². The van der Waals surface area contributed by atoms with E-state index in [9.17, 15) is 0 Å². The first kappa shape index (κ1) is 20.8. The fraction of sp³-hybridized carbons (Fsp3) is 0.333. The van der Waals surface area contributed by atoms with Gasteiger partial charge in [-0.2, -0.15) is 5.10 Å². The molecule has 0 amide bonds. The van der Waals surface area contributed by atoms with Gasteiger partial charge in [0.25, 0.3) is 0 Å². The zero-order valence-electron chi connectivity index (χ0n) is 18.0. The van der Waals surface area contributed by atoms with Crippen LogP contribution in [0.25, 0.3) is 22.1 Å². The molecule has 1 fully saturated rings. The lowest BCUT2D eigenvalue weighted by molar-refractivity contribution is 0.321. The molecule has 0 bridgehead atoms. The second-order valence-electron chi connectivity index (χ2n) is 8.22. The van der Waals surface area contributed by atoms with E-state index in [1.165, 1.54) is 0 Å². The number of hydrogen-bond acceptors (Lipinski definition) is 6. The number of pyridine rings is 1. The van der Waals surface area contributed by atoms with Crippen molar-refractivity contribution in [3.63, 3.8) is 0 Å². The molecule has 8 heteroatoms. The summed E-state index contributed by atoms with van der Waals surface area (Å²) in [4.78, 5) is 4.38. The van der Waals surface area contributed by atoms with Gasteiger partial charge in [0.15, 0.2) is 11.4 Å². The van der Waals surface area contributed by atoms with Gasteiger partial charge in [-0.1, -0.05) is 23.7 Å². The molecule has 32 heavy (non-hydrogen) atoms. The van der Waals surface area contributed by atoms with Gasteiger partial charge in [-0.15, -0.1) is 0 Å². The van der Waals surface area contributed by atoms with Crippen LogP contribution in [-0.2, 0) is 6.42 Å². The summed E-state index contributed by atoms with van der Waals surface area (Å²) >= 11 is 6.35. The Morgan fingerprint density at radius 1 is 1.22 bits per heavy atom. The van der Waals surface area contributed by atoms with Crippen LogP contribution in [0.1, 0.15) is 35.6 Å². The van der Waals surface area contributed by atoms with E-state index < -0.39 is 0 Å². The number of aromatic nitrogens is 3. The number of aryl methyl sites for hydroxylation is 1. The van der Waals surface area contributed by atoms with Crippen molar-refractivity contribution in [1.82, 2.24) is 20.5 Å². The third-order valence-corrected chi connectivity index (χ3v) is 6.61. The molecule has 0 radical (unpaired) electrons. The van der Waals surface area contributed by atoms with E-state index in [-0.39, 0.29) is 0 Å². The number of H-pyrrole nitrogens is 1. The van der Waals surface area contributed by atoms with Gasteiger partial charge in [0.2, 0.25) is 5.75 Å². The van der Waals surface area contributed by atoms with Crippen molar-refractivity contribution in [1.29, 1.82) is 0 Å². The predicted octanol–water partition coefficient (Wildman–Crippen LogP) is 4.85. The summed E-state index contributed by atoms with van der Waals surface area (Å²) in [5, 5.41) is 12.5. The Morgan fingerprint density at radius 2 is 2.06 bits per heavy atom. The highest BCUT2D eigenvalue weighted by Crippen LogP contribution is 2.40. The third kappa shape index (κ3) is 3.82. The molecule has 0 unspecified atom stereocenters. The molecule has 1 saturated heterocycles. The van der Waals surface area contributed by atoms with Crippen molar-refractivity contribution in [2.75, 3.05) is 25.4 Å². The lowest BCUT2D eigenvalue weighted by atomic mass is 9.90. The number of rotatable bonds is 6. The number of hydrogen-bond donors (Lipinski definition) is 3. The van der Waals surface area contributed by atoms with Crippen LogP contribution in [0.3, 0.4) is 0 Å². The Morgan fingerprint density at radius 3 is 2.88 bits per heavy atom. The summed E-state index contributed by atoms with van der Waals surface area (Å²) in [5.41, 5.74) is 12.1. The minimum absolute atomic E-state index is 0.306. The second-order valence-corrected chi connectivity index (χ2v) is 8.63. The average molecular weight is 452 g/mol. The van der Waals surface area contributed by atoms with E-state index in [0.29, 0.717) is 36.1 Å². The Labute approximate surface area is 191 Å². The standard InChI is InChI=1S/C24H26ClN5O2/c1-14-3-2-4-20(25)16(14)7-10-31-23-22-18(11-28-24(23)26)19(13-32-22)17-12-29-30-21(17)15-5-8-27-9-6-15/h2-4,11-13,15,27H,5-10H2,1H3,(H2,26,28)(H,29,30). The van der Waals surface area contributed by atoms with Crippen molar-refractivity contribution >= 4 is 28.4 Å². The van der Waals surface area contributed by atoms with Gasteiger partial charge >= 0.3 is 0 Å². The Kier molecular flexibility index (Phi) is 5.76. The maximum atomic E-state index is 6.35.